The Bertz CT molecular complexity index is 595. The summed E-state index contributed by atoms with van der Waals surface area (Å²) < 4.78 is 23.0. The normalized spacial score (nSPS) is 21.8. The SMILES string of the molecule is Cc1cc(O)ccc1C(=O)NC1CCCS(=O)(=O)C1. The zero-order chi connectivity index (χ0) is 14.0. The van der Waals surface area contributed by atoms with Gasteiger partial charge in [-0.15, -0.1) is 0 Å². The molecule has 19 heavy (non-hydrogen) atoms. The summed E-state index contributed by atoms with van der Waals surface area (Å²) in [7, 11) is -3.03. The molecule has 104 valence electrons. The molecule has 6 heteroatoms. The highest BCUT2D eigenvalue weighted by atomic mass is 32.2. The van der Waals surface area contributed by atoms with E-state index in [0.717, 1.165) is 0 Å². The van der Waals surface area contributed by atoms with Crippen molar-refractivity contribution < 1.29 is 18.3 Å². The van der Waals surface area contributed by atoms with E-state index in [-0.39, 0.29) is 29.2 Å². The minimum Gasteiger partial charge on any atom is -0.508 e. The summed E-state index contributed by atoms with van der Waals surface area (Å²) >= 11 is 0. The van der Waals surface area contributed by atoms with E-state index in [2.05, 4.69) is 5.32 Å². The Morgan fingerprint density at radius 1 is 1.42 bits per heavy atom. The number of carbonyl (C=O) groups is 1. The molecule has 2 rings (SSSR count). The molecule has 1 aromatic rings. The standard InChI is InChI=1S/C13H17NO4S/c1-9-7-11(15)4-5-12(9)13(16)14-10-3-2-6-19(17,18)8-10/h4-5,7,10,15H,2-3,6,8H2,1H3,(H,14,16). The van der Waals surface area contributed by atoms with Crippen LogP contribution in [-0.4, -0.2) is 37.0 Å². The average molecular weight is 283 g/mol. The molecule has 1 fully saturated rings. The lowest BCUT2D eigenvalue weighted by atomic mass is 10.1. The van der Waals surface area contributed by atoms with E-state index in [1.165, 1.54) is 18.2 Å². The fraction of sp³-hybridized carbons (Fsp3) is 0.462. The fourth-order valence-electron chi connectivity index (χ4n) is 2.30. The number of benzene rings is 1. The monoisotopic (exact) mass is 283 g/mol. The van der Waals surface area contributed by atoms with E-state index in [4.69, 9.17) is 0 Å². The van der Waals surface area contributed by atoms with Crippen molar-refractivity contribution in [1.82, 2.24) is 5.32 Å². The molecule has 1 aromatic carbocycles. The summed E-state index contributed by atoms with van der Waals surface area (Å²) in [4.78, 5) is 12.1. The first kappa shape index (κ1) is 13.9. The largest absolute Gasteiger partial charge is 0.508 e. The van der Waals surface area contributed by atoms with Crippen molar-refractivity contribution in [3.63, 3.8) is 0 Å². The molecule has 0 bridgehead atoms. The first-order valence-corrected chi connectivity index (χ1v) is 8.00. The van der Waals surface area contributed by atoms with Gasteiger partial charge in [0.05, 0.1) is 11.5 Å². The number of aryl methyl sites for hydroxylation is 1. The highest BCUT2D eigenvalue weighted by Gasteiger charge is 2.26. The number of nitrogens with one attached hydrogen (secondary N) is 1. The van der Waals surface area contributed by atoms with Gasteiger partial charge in [0.1, 0.15) is 5.75 Å². The third-order valence-electron chi connectivity index (χ3n) is 3.25. The van der Waals surface area contributed by atoms with Crippen LogP contribution in [-0.2, 0) is 9.84 Å². The van der Waals surface area contributed by atoms with Gasteiger partial charge >= 0.3 is 0 Å². The molecule has 1 unspecified atom stereocenters. The van der Waals surface area contributed by atoms with Crippen molar-refractivity contribution in [2.45, 2.75) is 25.8 Å². The molecule has 0 aromatic heterocycles. The molecule has 1 atom stereocenters. The molecule has 1 aliphatic rings. The number of aromatic hydroxyl groups is 1. The predicted molar refractivity (Wildman–Crippen MR) is 72.0 cm³/mol. The number of rotatable bonds is 2. The van der Waals surface area contributed by atoms with Crippen molar-refractivity contribution in [3.05, 3.63) is 29.3 Å². The van der Waals surface area contributed by atoms with Crippen molar-refractivity contribution in [2.75, 3.05) is 11.5 Å². The molecule has 5 nitrogen and oxygen atoms in total. The molecular formula is C13H17NO4S. The van der Waals surface area contributed by atoms with Gasteiger partial charge in [0, 0.05) is 11.6 Å². The third-order valence-corrected chi connectivity index (χ3v) is 5.07. The number of amides is 1. The highest BCUT2D eigenvalue weighted by Crippen LogP contribution is 2.17. The van der Waals surface area contributed by atoms with Crippen molar-refractivity contribution in [2.24, 2.45) is 0 Å². The van der Waals surface area contributed by atoms with Gasteiger partial charge in [-0.05, 0) is 43.5 Å². The number of carbonyl (C=O) groups excluding carboxylic acids is 1. The van der Waals surface area contributed by atoms with E-state index >= 15 is 0 Å². The summed E-state index contributed by atoms with van der Waals surface area (Å²) in [5.74, 6) is 0.0295. The van der Waals surface area contributed by atoms with Crippen LogP contribution in [0.25, 0.3) is 0 Å². The van der Waals surface area contributed by atoms with E-state index < -0.39 is 9.84 Å². The first-order valence-electron chi connectivity index (χ1n) is 6.18. The molecule has 1 amide bonds. The van der Waals surface area contributed by atoms with Gasteiger partial charge in [0.15, 0.2) is 9.84 Å². The molecule has 0 saturated carbocycles. The second-order valence-electron chi connectivity index (χ2n) is 4.93. The lowest BCUT2D eigenvalue weighted by Crippen LogP contribution is -2.43. The van der Waals surface area contributed by atoms with Crippen LogP contribution in [0.15, 0.2) is 18.2 Å². The number of phenols is 1. The zero-order valence-electron chi connectivity index (χ0n) is 10.7. The number of hydrogen-bond acceptors (Lipinski definition) is 4. The van der Waals surface area contributed by atoms with Gasteiger partial charge in [0.2, 0.25) is 0 Å². The predicted octanol–water partition coefficient (Wildman–Crippen LogP) is 1.01. The Hall–Kier alpha value is -1.56. The van der Waals surface area contributed by atoms with E-state index in [1.807, 2.05) is 0 Å². The number of hydrogen-bond donors (Lipinski definition) is 2. The fourth-order valence-corrected chi connectivity index (χ4v) is 3.94. The van der Waals surface area contributed by atoms with Gasteiger partial charge in [-0.3, -0.25) is 4.79 Å². The van der Waals surface area contributed by atoms with Crippen LogP contribution >= 0.6 is 0 Å². The minimum atomic E-state index is -3.03. The molecule has 1 aliphatic heterocycles. The van der Waals surface area contributed by atoms with Crippen LogP contribution < -0.4 is 5.32 Å². The smallest absolute Gasteiger partial charge is 0.251 e. The quantitative estimate of drug-likeness (QED) is 0.848. The van der Waals surface area contributed by atoms with Gasteiger partial charge < -0.3 is 10.4 Å². The van der Waals surface area contributed by atoms with E-state index in [0.29, 0.717) is 24.0 Å². The van der Waals surface area contributed by atoms with Crippen molar-refractivity contribution >= 4 is 15.7 Å². The van der Waals surface area contributed by atoms with Gasteiger partial charge in [0.25, 0.3) is 5.91 Å². The Morgan fingerprint density at radius 3 is 2.79 bits per heavy atom. The van der Waals surface area contributed by atoms with E-state index in [9.17, 15) is 18.3 Å². The molecule has 1 heterocycles. The average Bonchev–Trinajstić information content (AvgIpc) is 2.27. The molecule has 1 saturated heterocycles. The summed E-state index contributed by atoms with van der Waals surface area (Å²) in [5, 5.41) is 12.0. The third kappa shape index (κ3) is 3.47. The maximum atomic E-state index is 12.1. The second kappa shape index (κ2) is 5.21. The molecule has 0 radical (unpaired) electrons. The van der Waals surface area contributed by atoms with Gasteiger partial charge in [-0.2, -0.15) is 0 Å². The Balaban J connectivity index is 2.09. The van der Waals surface area contributed by atoms with Gasteiger partial charge in [-0.1, -0.05) is 0 Å². The van der Waals surface area contributed by atoms with E-state index in [1.54, 1.807) is 6.92 Å². The maximum Gasteiger partial charge on any atom is 0.251 e. The topological polar surface area (TPSA) is 83.5 Å². The molecular weight excluding hydrogens is 266 g/mol. The van der Waals surface area contributed by atoms with Crippen LogP contribution in [0, 0.1) is 6.92 Å². The summed E-state index contributed by atoms with van der Waals surface area (Å²) in [6.07, 6.45) is 1.27. The minimum absolute atomic E-state index is 0.00979. The Morgan fingerprint density at radius 2 is 2.16 bits per heavy atom. The van der Waals surface area contributed by atoms with Crippen LogP contribution in [0.1, 0.15) is 28.8 Å². The summed E-state index contributed by atoms with van der Waals surface area (Å²) in [6.45, 7) is 1.73. The van der Waals surface area contributed by atoms with Crippen LogP contribution in [0.2, 0.25) is 0 Å². The van der Waals surface area contributed by atoms with Crippen LogP contribution in [0.3, 0.4) is 0 Å². The zero-order valence-corrected chi connectivity index (χ0v) is 11.5. The molecule has 0 aliphatic carbocycles. The summed E-state index contributed by atoms with van der Waals surface area (Å²) in [5.41, 5.74) is 1.12. The Kier molecular flexibility index (Phi) is 3.80. The van der Waals surface area contributed by atoms with Crippen molar-refractivity contribution in [1.29, 1.82) is 0 Å². The van der Waals surface area contributed by atoms with Crippen molar-refractivity contribution in [3.8, 4) is 5.75 Å². The first-order chi connectivity index (χ1) is 8.87. The highest BCUT2D eigenvalue weighted by molar-refractivity contribution is 7.91. The van der Waals surface area contributed by atoms with Crippen LogP contribution in [0.4, 0.5) is 0 Å². The lowest BCUT2D eigenvalue weighted by molar-refractivity contribution is 0.0937. The van der Waals surface area contributed by atoms with Crippen LogP contribution in [0.5, 0.6) is 5.75 Å². The maximum absolute atomic E-state index is 12.1. The number of phenolic OH excluding ortho intramolecular Hbond substituents is 1. The summed E-state index contributed by atoms with van der Waals surface area (Å²) in [6, 6.07) is 4.17. The second-order valence-corrected chi connectivity index (χ2v) is 7.15. The lowest BCUT2D eigenvalue weighted by Gasteiger charge is -2.23. The molecule has 2 N–H and O–H groups in total. The number of sulfone groups is 1. The molecule has 0 spiro atoms. The van der Waals surface area contributed by atoms with Gasteiger partial charge in [-0.25, -0.2) is 8.42 Å². The Labute approximate surface area is 112 Å².